The second-order valence-electron chi connectivity index (χ2n) is 3.57. The van der Waals surface area contributed by atoms with E-state index in [0.29, 0.717) is 0 Å². The molecule has 1 N–H and O–H groups in total. The lowest BCUT2D eigenvalue weighted by molar-refractivity contribution is 1.38. The summed E-state index contributed by atoms with van der Waals surface area (Å²) in [4.78, 5) is 0. The van der Waals surface area contributed by atoms with Crippen molar-refractivity contribution in [3.05, 3.63) is 29.3 Å². The first kappa shape index (κ1) is 9.64. The summed E-state index contributed by atoms with van der Waals surface area (Å²) in [5, 5.41) is 0. The zero-order chi connectivity index (χ0) is 9.14. The molecule has 0 aliphatic heterocycles. The molecule has 2 heteroatoms. The van der Waals surface area contributed by atoms with E-state index in [9.17, 15) is 0 Å². The van der Waals surface area contributed by atoms with E-state index in [0.717, 1.165) is 0 Å². The van der Waals surface area contributed by atoms with Gasteiger partial charge in [-0.25, -0.2) is 0 Å². The van der Waals surface area contributed by atoms with Gasteiger partial charge in [0.15, 0.2) is 0 Å². The minimum absolute atomic E-state index is 0.703. The molecule has 64 valence electrons. The van der Waals surface area contributed by atoms with Gasteiger partial charge in [-0.2, -0.15) is 0 Å². The van der Waals surface area contributed by atoms with E-state index in [4.69, 9.17) is 0 Å². The molecule has 1 rings (SSSR count). The summed E-state index contributed by atoms with van der Waals surface area (Å²) < 4.78 is 3.58. The minimum Gasteiger partial charge on any atom is -0.476 e. The molecule has 1 aromatic rings. The number of aryl methyl sites for hydroxylation is 2. The second-order valence-corrected chi connectivity index (χ2v) is 6.16. The van der Waals surface area contributed by atoms with Crippen LogP contribution in [0.15, 0.2) is 18.2 Å². The van der Waals surface area contributed by atoms with Crippen LogP contribution in [0.3, 0.4) is 0 Å². The number of para-hydroxylation sites is 1. The van der Waals surface area contributed by atoms with E-state index in [-0.39, 0.29) is 0 Å². The van der Waals surface area contributed by atoms with Gasteiger partial charge in [0.05, 0.1) is 0 Å². The van der Waals surface area contributed by atoms with Crippen molar-refractivity contribution in [2.24, 2.45) is 0 Å². The van der Waals surface area contributed by atoms with Crippen molar-refractivity contribution >= 4 is 20.1 Å². The Kier molecular flexibility index (Phi) is 3.20. The fraction of sp³-hybridized carbons (Fsp3) is 0.400. The molecule has 0 atom stereocenters. The molecular formula is C10H16AlN. The van der Waals surface area contributed by atoms with Crippen molar-refractivity contribution in [3.63, 3.8) is 0 Å². The average Bonchev–Trinajstić information content (AvgIpc) is 1.97. The normalized spacial score (nSPS) is 9.67. The fourth-order valence-electron chi connectivity index (χ4n) is 1.33. The van der Waals surface area contributed by atoms with Crippen LogP contribution in [0.1, 0.15) is 11.1 Å². The first-order valence-electron chi connectivity index (χ1n) is 4.44. The third-order valence-electron chi connectivity index (χ3n) is 1.91. The van der Waals surface area contributed by atoms with Crippen molar-refractivity contribution in [2.45, 2.75) is 25.4 Å². The topological polar surface area (TPSA) is 12.0 Å². The van der Waals surface area contributed by atoms with Crippen LogP contribution in [0.4, 0.5) is 5.69 Å². The number of hydrogen-bond donors (Lipinski definition) is 1. The molecule has 0 saturated heterocycles. The maximum absolute atomic E-state index is 3.58. The van der Waals surface area contributed by atoms with Crippen LogP contribution in [0.5, 0.6) is 0 Å². The Morgan fingerprint density at radius 1 is 1.08 bits per heavy atom. The average molecular weight is 177 g/mol. The molecule has 12 heavy (non-hydrogen) atoms. The Bertz CT molecular complexity index is 248. The maximum atomic E-state index is 3.58. The molecule has 0 unspecified atom stereocenters. The van der Waals surface area contributed by atoms with Gasteiger partial charge in [-0.05, 0) is 25.0 Å². The van der Waals surface area contributed by atoms with Crippen molar-refractivity contribution in [1.82, 2.24) is 0 Å². The third-order valence-corrected chi connectivity index (χ3v) is 2.78. The van der Waals surface area contributed by atoms with E-state index >= 15 is 0 Å². The molecule has 0 aliphatic rings. The highest BCUT2D eigenvalue weighted by atomic mass is 27.2. The number of hydrogen-bond acceptors (Lipinski definition) is 1. The van der Waals surface area contributed by atoms with Gasteiger partial charge in [-0.15, -0.1) is 0 Å². The second kappa shape index (κ2) is 3.98. The largest absolute Gasteiger partial charge is 0.476 e. The maximum Gasteiger partial charge on any atom is 0.404 e. The molecule has 0 aliphatic carbocycles. The van der Waals surface area contributed by atoms with Crippen molar-refractivity contribution in [2.75, 3.05) is 4.30 Å². The van der Waals surface area contributed by atoms with Crippen LogP contribution in [0.2, 0.25) is 11.6 Å². The molecule has 1 aromatic carbocycles. The van der Waals surface area contributed by atoms with Crippen LogP contribution in [-0.4, -0.2) is 14.4 Å². The number of benzene rings is 1. The molecule has 0 heterocycles. The van der Waals surface area contributed by atoms with Gasteiger partial charge in [0.25, 0.3) is 0 Å². The minimum atomic E-state index is -0.703. The quantitative estimate of drug-likeness (QED) is 0.685. The molecule has 1 nitrogen and oxygen atoms in total. The van der Waals surface area contributed by atoms with E-state index in [1.165, 1.54) is 16.8 Å². The third kappa shape index (κ3) is 2.27. The number of anilines is 1. The summed E-state index contributed by atoms with van der Waals surface area (Å²) in [6.07, 6.45) is 0. The summed E-state index contributed by atoms with van der Waals surface area (Å²) in [5.74, 6) is 4.60. The SMILES string of the molecule is Cc1cccc(C)c1[NH][Al]([CH3])[CH3]. The highest BCUT2D eigenvalue weighted by Gasteiger charge is 2.06. The fourth-order valence-corrected chi connectivity index (χ4v) is 2.36. The first-order valence-corrected chi connectivity index (χ1v) is 7.32. The molecule has 0 amide bonds. The van der Waals surface area contributed by atoms with Gasteiger partial charge in [0.2, 0.25) is 0 Å². The predicted octanol–water partition coefficient (Wildman–Crippen LogP) is 2.97. The lowest BCUT2D eigenvalue weighted by Gasteiger charge is -2.13. The molecule has 0 fully saturated rings. The number of nitrogens with one attached hydrogen (secondary N) is 1. The van der Waals surface area contributed by atoms with Crippen LogP contribution in [0.25, 0.3) is 0 Å². The Morgan fingerprint density at radius 2 is 1.58 bits per heavy atom. The molecular weight excluding hydrogens is 161 g/mol. The van der Waals surface area contributed by atoms with Gasteiger partial charge in [-0.1, -0.05) is 29.8 Å². The predicted molar refractivity (Wildman–Crippen MR) is 57.0 cm³/mol. The Balaban J connectivity index is 2.96. The Hall–Kier alpha value is -0.448. The highest BCUT2D eigenvalue weighted by Crippen LogP contribution is 2.19. The number of rotatable bonds is 2. The first-order chi connectivity index (χ1) is 5.61. The van der Waals surface area contributed by atoms with E-state index < -0.39 is 14.4 Å². The van der Waals surface area contributed by atoms with Crippen LogP contribution < -0.4 is 4.30 Å². The van der Waals surface area contributed by atoms with E-state index in [1.807, 2.05) is 0 Å². The van der Waals surface area contributed by atoms with Gasteiger partial charge in [0.1, 0.15) is 0 Å². The Labute approximate surface area is 79.4 Å². The smallest absolute Gasteiger partial charge is 0.404 e. The molecule has 0 bridgehead atoms. The van der Waals surface area contributed by atoms with Gasteiger partial charge >= 0.3 is 14.4 Å². The summed E-state index contributed by atoms with van der Waals surface area (Å²) in [6.45, 7) is 4.32. The lowest BCUT2D eigenvalue weighted by Crippen LogP contribution is -2.16. The molecule has 0 spiro atoms. The standard InChI is InChI=1S/C8H10N.2CH3.Al/c1-6-4-3-5-7(2)8(6)9;;;/h3-5,9H,1-2H3;2*1H3;/q-1;;;+1. The van der Waals surface area contributed by atoms with Crippen LogP contribution in [-0.2, 0) is 0 Å². The van der Waals surface area contributed by atoms with Gasteiger partial charge < -0.3 is 4.30 Å². The van der Waals surface area contributed by atoms with Gasteiger partial charge in [-0.3, -0.25) is 0 Å². The molecule has 0 aromatic heterocycles. The zero-order valence-corrected chi connectivity index (χ0v) is 9.46. The summed E-state index contributed by atoms with van der Waals surface area (Å²) >= 11 is -0.703. The zero-order valence-electron chi connectivity index (χ0n) is 8.31. The van der Waals surface area contributed by atoms with E-state index in [2.05, 4.69) is 47.9 Å². The van der Waals surface area contributed by atoms with E-state index in [1.54, 1.807) is 0 Å². The van der Waals surface area contributed by atoms with Gasteiger partial charge in [0, 0.05) is 5.69 Å². The van der Waals surface area contributed by atoms with Crippen molar-refractivity contribution in [1.29, 1.82) is 0 Å². The van der Waals surface area contributed by atoms with Crippen LogP contribution in [0, 0.1) is 13.8 Å². The summed E-state index contributed by atoms with van der Waals surface area (Å²) in [7, 11) is 0. The van der Waals surface area contributed by atoms with Crippen molar-refractivity contribution in [3.8, 4) is 0 Å². The monoisotopic (exact) mass is 177 g/mol. The summed E-state index contributed by atoms with van der Waals surface area (Å²) in [5.41, 5.74) is 4.06. The Morgan fingerprint density at radius 3 is 2.00 bits per heavy atom. The van der Waals surface area contributed by atoms with Crippen molar-refractivity contribution < 1.29 is 0 Å². The summed E-state index contributed by atoms with van der Waals surface area (Å²) in [6, 6.07) is 6.43. The molecule has 0 saturated carbocycles. The highest BCUT2D eigenvalue weighted by molar-refractivity contribution is 6.59. The van der Waals surface area contributed by atoms with Crippen LogP contribution >= 0.6 is 0 Å². The lowest BCUT2D eigenvalue weighted by atomic mass is 10.1. The molecule has 0 radical (unpaired) electrons.